The number of hydrogen-bond acceptors (Lipinski definition) is 4. The van der Waals surface area contributed by atoms with E-state index in [1.165, 1.54) is 22.4 Å². The van der Waals surface area contributed by atoms with Gasteiger partial charge in [0.1, 0.15) is 5.82 Å². The van der Waals surface area contributed by atoms with Crippen LogP contribution in [0.4, 0.5) is 11.4 Å². The molecule has 0 N–H and O–H groups in total. The van der Waals surface area contributed by atoms with Crippen LogP contribution in [0.2, 0.25) is 0 Å². The first-order valence-corrected chi connectivity index (χ1v) is 19.1. The summed E-state index contributed by atoms with van der Waals surface area (Å²) in [6, 6.07) is 47.8. The van der Waals surface area contributed by atoms with Crippen LogP contribution in [0.5, 0.6) is 11.5 Å². The van der Waals surface area contributed by atoms with Gasteiger partial charge in [-0.25, -0.2) is 4.98 Å². The fraction of sp³-hybridized carbons (Fsp3) is 0.240. The van der Waals surface area contributed by atoms with Gasteiger partial charge in [0.2, 0.25) is 0 Å². The van der Waals surface area contributed by atoms with Crippen molar-refractivity contribution in [1.29, 1.82) is 0 Å². The Bertz CT molecular complexity index is 2570. The van der Waals surface area contributed by atoms with Gasteiger partial charge in [-0.3, -0.25) is 0 Å². The molecule has 7 aromatic rings. The van der Waals surface area contributed by atoms with E-state index in [-0.39, 0.29) is 37.3 Å². The molecular formula is C50H49N4OPt-3. The Morgan fingerprint density at radius 3 is 2.05 bits per heavy atom. The third-order valence-corrected chi connectivity index (χ3v) is 10.4. The molecule has 5 nitrogen and oxygen atoms in total. The molecule has 6 heteroatoms. The molecule has 56 heavy (non-hydrogen) atoms. The van der Waals surface area contributed by atoms with E-state index in [1.807, 2.05) is 12.3 Å². The van der Waals surface area contributed by atoms with Crippen LogP contribution in [0, 0.1) is 24.2 Å². The summed E-state index contributed by atoms with van der Waals surface area (Å²) in [6.45, 7) is 22.3. The standard InChI is InChI=1S/C50H49N4O.Pt/c1-48(2,3)36-24-25-51-47(29-36)54-44-21-14-13-20-42(44)43-23-22-40(31-45(43)54)55-41-28-37(49(4,5)6)27-39(30-41)52-32-46(50(7,8)9)53(33-52)38-19-15-18-35(26-38)34-16-11-10-12-17-34;/h10-29,32-33H,1-9H3;/q-3;. The topological polar surface area (TPSA) is 33.5 Å². The fourth-order valence-electron chi connectivity index (χ4n) is 7.23. The third-order valence-electron chi connectivity index (χ3n) is 10.4. The SMILES string of the molecule is CC(C)(C)C1=CN(c2[c-]c(Oc3[c-]c4c(cc3)c3ccccc3n4-c3cc(C(C)(C)C)ccn3)cc(C(C)(C)C)c2)[CH-]N1c1cccc(-c2ccccc2)c1.[Pt]. The molecule has 0 saturated carbocycles. The van der Waals surface area contributed by atoms with Crippen molar-refractivity contribution in [2.75, 3.05) is 9.80 Å². The van der Waals surface area contributed by atoms with Crippen LogP contribution in [-0.4, -0.2) is 9.55 Å². The van der Waals surface area contributed by atoms with Gasteiger partial charge in [0.25, 0.3) is 0 Å². The average Bonchev–Trinajstić information content (AvgIpc) is 3.75. The molecule has 3 heterocycles. The first-order valence-electron chi connectivity index (χ1n) is 19.1. The second-order valence-electron chi connectivity index (χ2n) is 17.6. The first-order chi connectivity index (χ1) is 26.1. The monoisotopic (exact) mass is 916 g/mol. The third kappa shape index (κ3) is 7.67. The van der Waals surface area contributed by atoms with Crippen LogP contribution in [-0.2, 0) is 31.9 Å². The van der Waals surface area contributed by atoms with E-state index in [4.69, 9.17) is 9.72 Å². The number of aromatic nitrogens is 2. The largest absolute Gasteiger partial charge is 0.509 e. The van der Waals surface area contributed by atoms with Gasteiger partial charge in [0.15, 0.2) is 0 Å². The van der Waals surface area contributed by atoms with Crippen molar-refractivity contribution in [3.63, 3.8) is 0 Å². The molecule has 0 bridgehead atoms. The van der Waals surface area contributed by atoms with Gasteiger partial charge in [0.05, 0.1) is 0 Å². The Hall–Kier alpha value is -5.12. The molecule has 1 aliphatic rings. The molecule has 1 aliphatic heterocycles. The number of allylic oxidation sites excluding steroid dienone is 1. The second kappa shape index (κ2) is 14.8. The number of benzene rings is 5. The first kappa shape index (κ1) is 39.1. The maximum absolute atomic E-state index is 6.74. The molecular weight excluding hydrogens is 868 g/mol. The smallest absolute Gasteiger partial charge is 0.135 e. The van der Waals surface area contributed by atoms with Gasteiger partial charge >= 0.3 is 0 Å². The molecule has 5 aromatic carbocycles. The number of hydrogen-bond donors (Lipinski definition) is 0. The van der Waals surface area contributed by atoms with Crippen molar-refractivity contribution in [3.05, 3.63) is 163 Å². The minimum absolute atomic E-state index is 0. The summed E-state index contributed by atoms with van der Waals surface area (Å²) in [5, 5.41) is 2.25. The predicted molar refractivity (Wildman–Crippen MR) is 229 cm³/mol. The molecule has 0 spiro atoms. The van der Waals surface area contributed by atoms with Gasteiger partial charge in [-0.2, -0.15) is 6.07 Å². The predicted octanol–water partition coefficient (Wildman–Crippen LogP) is 13.2. The van der Waals surface area contributed by atoms with Crippen LogP contribution in [0.25, 0.3) is 38.8 Å². The second-order valence-corrected chi connectivity index (χ2v) is 17.6. The van der Waals surface area contributed by atoms with Crippen LogP contribution < -0.4 is 14.5 Å². The van der Waals surface area contributed by atoms with E-state index in [2.05, 4.69) is 211 Å². The van der Waals surface area contributed by atoms with Crippen LogP contribution in [0.1, 0.15) is 73.4 Å². The minimum Gasteiger partial charge on any atom is -0.509 e. The van der Waals surface area contributed by atoms with Crippen LogP contribution in [0.15, 0.2) is 133 Å². The van der Waals surface area contributed by atoms with Crippen LogP contribution >= 0.6 is 0 Å². The van der Waals surface area contributed by atoms with Crippen molar-refractivity contribution < 1.29 is 25.8 Å². The molecule has 0 unspecified atom stereocenters. The van der Waals surface area contributed by atoms with Gasteiger partial charge in [0, 0.05) is 61.1 Å². The number of para-hydroxylation sites is 1. The minimum atomic E-state index is -0.133. The van der Waals surface area contributed by atoms with Gasteiger partial charge in [-0.05, 0) is 69.4 Å². The Labute approximate surface area is 346 Å². The Kier molecular flexibility index (Phi) is 10.3. The molecule has 0 atom stereocenters. The van der Waals surface area contributed by atoms with E-state index in [9.17, 15) is 0 Å². The maximum atomic E-state index is 6.74. The average molecular weight is 917 g/mol. The molecule has 0 aliphatic carbocycles. The molecule has 0 fully saturated rings. The van der Waals surface area contributed by atoms with Crippen molar-refractivity contribution in [2.24, 2.45) is 5.41 Å². The van der Waals surface area contributed by atoms with Gasteiger partial charge in [-0.1, -0.05) is 128 Å². The molecule has 2 aromatic heterocycles. The number of anilines is 2. The summed E-state index contributed by atoms with van der Waals surface area (Å²) in [7, 11) is 0. The number of nitrogens with zero attached hydrogens (tertiary/aromatic N) is 4. The fourth-order valence-corrected chi connectivity index (χ4v) is 7.23. The Morgan fingerprint density at radius 1 is 0.607 bits per heavy atom. The molecule has 288 valence electrons. The number of pyridine rings is 1. The summed E-state index contributed by atoms with van der Waals surface area (Å²) in [5.74, 6) is 2.12. The zero-order chi connectivity index (χ0) is 38.7. The van der Waals surface area contributed by atoms with E-state index >= 15 is 0 Å². The van der Waals surface area contributed by atoms with E-state index in [0.29, 0.717) is 11.5 Å². The number of rotatable bonds is 6. The number of fused-ring (bicyclic) bond motifs is 3. The van der Waals surface area contributed by atoms with Crippen molar-refractivity contribution in [2.45, 2.75) is 73.1 Å². The van der Waals surface area contributed by atoms with Gasteiger partial charge < -0.3 is 19.1 Å². The summed E-state index contributed by atoms with van der Waals surface area (Å²) in [5.41, 5.74) is 9.68. The molecule has 0 amide bonds. The maximum Gasteiger partial charge on any atom is 0.135 e. The van der Waals surface area contributed by atoms with Crippen molar-refractivity contribution >= 4 is 33.2 Å². The molecule has 8 rings (SSSR count). The zero-order valence-corrected chi connectivity index (χ0v) is 36.0. The normalized spacial score (nSPS) is 13.6. The zero-order valence-electron chi connectivity index (χ0n) is 33.7. The van der Waals surface area contributed by atoms with E-state index < -0.39 is 0 Å². The van der Waals surface area contributed by atoms with E-state index in [1.54, 1.807) is 0 Å². The Morgan fingerprint density at radius 2 is 1.32 bits per heavy atom. The summed E-state index contributed by atoms with van der Waals surface area (Å²) in [6.07, 6.45) is 4.13. The summed E-state index contributed by atoms with van der Waals surface area (Å²) < 4.78 is 8.94. The quantitative estimate of drug-likeness (QED) is 0.156. The van der Waals surface area contributed by atoms with Crippen molar-refractivity contribution in [1.82, 2.24) is 9.55 Å². The summed E-state index contributed by atoms with van der Waals surface area (Å²) >= 11 is 0. The van der Waals surface area contributed by atoms with Crippen molar-refractivity contribution in [3.8, 4) is 28.4 Å². The van der Waals surface area contributed by atoms with Crippen LogP contribution in [0.3, 0.4) is 0 Å². The number of ether oxygens (including phenoxy) is 1. The molecule has 0 radical (unpaired) electrons. The summed E-state index contributed by atoms with van der Waals surface area (Å²) in [4.78, 5) is 9.33. The van der Waals surface area contributed by atoms with E-state index in [0.717, 1.165) is 44.6 Å². The van der Waals surface area contributed by atoms with Gasteiger partial charge in [-0.15, -0.1) is 53.6 Å². The molecule has 0 saturated heterocycles. The Balaban J connectivity index is 0.00000480.